The molecule has 0 aliphatic carbocycles. The maximum Gasteiger partial charge on any atom is 0.152 e. The fraction of sp³-hybridized carbons (Fsp3) is 0.385. The molecule has 2 heterocycles. The van der Waals surface area contributed by atoms with E-state index in [0.29, 0.717) is 36.4 Å². The van der Waals surface area contributed by atoms with Gasteiger partial charge in [-0.25, -0.2) is 14.4 Å². The van der Waals surface area contributed by atoms with Crippen molar-refractivity contribution in [2.75, 3.05) is 5.73 Å². The van der Waals surface area contributed by atoms with E-state index in [4.69, 9.17) is 16.5 Å². The number of rotatable bonds is 8. The van der Waals surface area contributed by atoms with Crippen LogP contribution in [0.3, 0.4) is 0 Å². The van der Waals surface area contributed by atoms with Crippen molar-refractivity contribution in [1.29, 1.82) is 0 Å². The van der Waals surface area contributed by atoms with E-state index in [0.717, 1.165) is 52.6 Å². The summed E-state index contributed by atoms with van der Waals surface area (Å²) in [6.45, 7) is 6.49. The minimum absolute atomic E-state index is 0.251. The fourth-order valence-corrected chi connectivity index (χ4v) is 4.31. The third-order valence-electron chi connectivity index (χ3n) is 5.89. The maximum absolute atomic E-state index is 14.4. The van der Waals surface area contributed by atoms with Crippen molar-refractivity contribution in [1.82, 2.24) is 14.5 Å². The topological polar surface area (TPSA) is 103 Å². The first-order valence-corrected chi connectivity index (χ1v) is 11.5. The number of aryl methyl sites for hydroxylation is 1. The van der Waals surface area contributed by atoms with Gasteiger partial charge in [0.25, 0.3) is 0 Å². The van der Waals surface area contributed by atoms with E-state index in [9.17, 15) is 9.50 Å². The maximum atomic E-state index is 14.4. The van der Waals surface area contributed by atoms with Crippen molar-refractivity contribution < 1.29 is 9.50 Å². The highest BCUT2D eigenvalue weighted by Crippen LogP contribution is 2.31. The summed E-state index contributed by atoms with van der Waals surface area (Å²) >= 11 is 0. The van der Waals surface area contributed by atoms with Gasteiger partial charge in [-0.15, -0.1) is 0 Å². The highest BCUT2D eigenvalue weighted by atomic mass is 19.1. The van der Waals surface area contributed by atoms with Gasteiger partial charge in [0.2, 0.25) is 0 Å². The molecule has 2 aromatic carbocycles. The summed E-state index contributed by atoms with van der Waals surface area (Å²) in [7, 11) is 0. The second kappa shape index (κ2) is 9.08. The summed E-state index contributed by atoms with van der Waals surface area (Å²) in [6, 6.07) is 10.9. The van der Waals surface area contributed by atoms with Gasteiger partial charge in [-0.3, -0.25) is 0 Å². The van der Waals surface area contributed by atoms with Crippen LogP contribution in [-0.4, -0.2) is 25.2 Å². The Balaban J connectivity index is 1.84. The van der Waals surface area contributed by atoms with Crippen molar-refractivity contribution in [2.24, 2.45) is 5.73 Å². The molecule has 0 radical (unpaired) electrons. The van der Waals surface area contributed by atoms with Crippen LogP contribution in [0.2, 0.25) is 0 Å². The number of pyridine rings is 1. The lowest BCUT2D eigenvalue weighted by molar-refractivity contribution is 0.0618. The molecular formula is C26H32FN5O. The molecule has 0 atom stereocenters. The van der Waals surface area contributed by atoms with Crippen LogP contribution in [-0.2, 0) is 25.9 Å². The van der Waals surface area contributed by atoms with Crippen molar-refractivity contribution >= 4 is 27.8 Å². The molecule has 174 valence electrons. The molecule has 6 nitrogen and oxygen atoms in total. The normalized spacial score (nSPS) is 12.2. The highest BCUT2D eigenvalue weighted by molar-refractivity contribution is 6.06. The number of halogens is 1. The second-order valence-corrected chi connectivity index (χ2v) is 9.38. The van der Waals surface area contributed by atoms with E-state index in [1.165, 1.54) is 6.07 Å². The number of anilines is 1. The molecule has 0 aliphatic heterocycles. The molecule has 0 aliphatic rings. The minimum atomic E-state index is -0.912. The van der Waals surface area contributed by atoms with Gasteiger partial charge in [0.05, 0.1) is 23.2 Å². The van der Waals surface area contributed by atoms with Gasteiger partial charge in [0, 0.05) is 24.8 Å². The van der Waals surface area contributed by atoms with E-state index in [1.54, 1.807) is 19.9 Å². The van der Waals surface area contributed by atoms with Crippen LogP contribution < -0.4 is 11.5 Å². The van der Waals surface area contributed by atoms with Gasteiger partial charge in [-0.1, -0.05) is 37.6 Å². The molecule has 0 saturated carbocycles. The molecule has 4 rings (SSSR count). The number of nitrogens with zero attached hydrogens (tertiary/aromatic N) is 3. The van der Waals surface area contributed by atoms with E-state index in [2.05, 4.69) is 16.5 Å². The average molecular weight is 450 g/mol. The summed E-state index contributed by atoms with van der Waals surface area (Å²) in [5, 5.41) is 11.5. The van der Waals surface area contributed by atoms with E-state index in [1.807, 2.05) is 24.3 Å². The lowest BCUT2D eigenvalue weighted by Crippen LogP contribution is -2.27. The first-order valence-electron chi connectivity index (χ1n) is 11.5. The Morgan fingerprint density at radius 2 is 1.85 bits per heavy atom. The first kappa shape index (κ1) is 23.1. The number of benzene rings is 2. The Kier molecular flexibility index (Phi) is 6.36. The number of aromatic nitrogens is 3. The standard InChI is InChI=1S/C26H32FN5O/c1-4-5-6-22-31-23-24(32(22)15-26(2,3)33)19-9-7-16(13-21(19)30-25(23)29)11-18-12-17(14-28)8-10-20(18)27/h7-10,12-13,33H,4-6,11,14-15,28H2,1-3H3,(H2,29,30). The Labute approximate surface area is 193 Å². The lowest BCUT2D eigenvalue weighted by atomic mass is 10.0. The van der Waals surface area contributed by atoms with Gasteiger partial charge >= 0.3 is 0 Å². The Morgan fingerprint density at radius 1 is 1.09 bits per heavy atom. The van der Waals surface area contributed by atoms with E-state index < -0.39 is 5.60 Å². The van der Waals surface area contributed by atoms with Gasteiger partial charge in [0.15, 0.2) is 5.82 Å². The Hall–Kier alpha value is -3.03. The van der Waals surface area contributed by atoms with Crippen LogP contribution in [0.5, 0.6) is 0 Å². The van der Waals surface area contributed by atoms with Gasteiger partial charge in [-0.05, 0) is 49.1 Å². The number of unbranched alkanes of at least 4 members (excludes halogenated alkanes) is 1. The lowest BCUT2D eigenvalue weighted by Gasteiger charge is -2.21. The summed E-state index contributed by atoms with van der Waals surface area (Å²) in [5.41, 5.74) is 15.8. The Morgan fingerprint density at radius 3 is 2.55 bits per heavy atom. The number of nitrogen functional groups attached to an aromatic ring is 1. The van der Waals surface area contributed by atoms with Crippen LogP contribution in [0.4, 0.5) is 10.2 Å². The van der Waals surface area contributed by atoms with Gasteiger partial charge < -0.3 is 21.1 Å². The summed E-state index contributed by atoms with van der Waals surface area (Å²) in [4.78, 5) is 9.43. The fourth-order valence-electron chi connectivity index (χ4n) is 4.31. The van der Waals surface area contributed by atoms with Crippen molar-refractivity contribution in [3.63, 3.8) is 0 Å². The molecule has 2 aromatic heterocycles. The number of nitrogens with two attached hydrogens (primary N) is 2. The van der Waals surface area contributed by atoms with Gasteiger partial charge in [0.1, 0.15) is 17.2 Å². The zero-order valence-electron chi connectivity index (χ0n) is 19.5. The van der Waals surface area contributed by atoms with Crippen LogP contribution in [0.1, 0.15) is 56.1 Å². The molecule has 33 heavy (non-hydrogen) atoms. The molecule has 5 N–H and O–H groups in total. The summed E-state index contributed by atoms with van der Waals surface area (Å²) < 4.78 is 16.5. The van der Waals surface area contributed by atoms with E-state index >= 15 is 0 Å². The van der Waals surface area contributed by atoms with Gasteiger partial charge in [-0.2, -0.15) is 0 Å². The van der Waals surface area contributed by atoms with Crippen LogP contribution in [0.15, 0.2) is 36.4 Å². The molecular weight excluding hydrogens is 417 g/mol. The molecule has 7 heteroatoms. The number of fused-ring (bicyclic) bond motifs is 3. The first-order chi connectivity index (χ1) is 15.7. The zero-order valence-corrected chi connectivity index (χ0v) is 19.5. The summed E-state index contributed by atoms with van der Waals surface area (Å²) in [6.07, 6.45) is 3.28. The number of aliphatic hydroxyl groups is 1. The minimum Gasteiger partial charge on any atom is -0.389 e. The average Bonchev–Trinajstić information content (AvgIpc) is 3.11. The van der Waals surface area contributed by atoms with Crippen LogP contribution >= 0.6 is 0 Å². The largest absolute Gasteiger partial charge is 0.389 e. The molecule has 0 fully saturated rings. The molecule has 0 bridgehead atoms. The third kappa shape index (κ3) is 4.84. The number of hydrogen-bond donors (Lipinski definition) is 3. The second-order valence-electron chi connectivity index (χ2n) is 9.38. The molecule has 0 unspecified atom stereocenters. The highest BCUT2D eigenvalue weighted by Gasteiger charge is 2.22. The Bertz CT molecular complexity index is 1310. The molecule has 0 saturated heterocycles. The van der Waals surface area contributed by atoms with E-state index in [-0.39, 0.29) is 5.82 Å². The van der Waals surface area contributed by atoms with Crippen molar-refractivity contribution in [2.45, 2.75) is 65.1 Å². The van der Waals surface area contributed by atoms with Crippen LogP contribution in [0, 0.1) is 5.82 Å². The SMILES string of the molecule is CCCCc1nc2c(N)nc3cc(Cc4cc(CN)ccc4F)ccc3c2n1CC(C)(C)O. The number of imidazole rings is 1. The zero-order chi connectivity index (χ0) is 23.8. The predicted octanol–water partition coefficient (Wildman–Crippen LogP) is 4.47. The molecule has 0 amide bonds. The smallest absolute Gasteiger partial charge is 0.152 e. The van der Waals surface area contributed by atoms with Crippen LogP contribution in [0.25, 0.3) is 21.9 Å². The number of hydrogen-bond acceptors (Lipinski definition) is 5. The summed E-state index contributed by atoms with van der Waals surface area (Å²) in [5.74, 6) is 1.01. The monoisotopic (exact) mass is 449 g/mol. The van der Waals surface area contributed by atoms with Crippen molar-refractivity contribution in [3.8, 4) is 0 Å². The van der Waals surface area contributed by atoms with Crippen molar-refractivity contribution in [3.05, 3.63) is 64.7 Å². The molecule has 4 aromatic rings. The third-order valence-corrected chi connectivity index (χ3v) is 5.89. The predicted molar refractivity (Wildman–Crippen MR) is 131 cm³/mol. The molecule has 0 spiro atoms. The quantitative estimate of drug-likeness (QED) is 0.368.